The van der Waals surface area contributed by atoms with E-state index in [4.69, 9.17) is 10.5 Å². The number of aliphatic hydroxyl groups excluding tert-OH is 1. The number of nitrogens with zero attached hydrogens (tertiary/aromatic N) is 1. The molecule has 3 aromatic carbocycles. The summed E-state index contributed by atoms with van der Waals surface area (Å²) in [6, 6.07) is 16.3. The zero-order valence-electron chi connectivity index (χ0n) is 24.8. The van der Waals surface area contributed by atoms with Crippen molar-refractivity contribution in [2.24, 2.45) is 5.73 Å². The third kappa shape index (κ3) is 9.04. The number of nitrogens with one attached hydrogen (secondary N) is 2. The number of rotatable bonds is 11. The highest BCUT2D eigenvalue weighted by molar-refractivity contribution is 6.00. The molecule has 0 spiro atoms. The van der Waals surface area contributed by atoms with Crippen molar-refractivity contribution in [1.82, 2.24) is 10.2 Å². The molecule has 0 saturated carbocycles. The highest BCUT2D eigenvalue weighted by atomic mass is 16.6. The zero-order valence-corrected chi connectivity index (χ0v) is 24.8. The third-order valence-corrected chi connectivity index (χ3v) is 6.43. The number of aliphatic hydroxyl groups is 1. The van der Waals surface area contributed by atoms with Gasteiger partial charge in [-0.3, -0.25) is 14.4 Å². The molecule has 0 heterocycles. The molecule has 0 fully saturated rings. The van der Waals surface area contributed by atoms with Gasteiger partial charge in [-0.1, -0.05) is 59.7 Å². The molecule has 42 heavy (non-hydrogen) atoms. The Morgan fingerprint density at radius 1 is 0.952 bits per heavy atom. The number of nitrogens with two attached hydrogens (primary N) is 1. The van der Waals surface area contributed by atoms with Gasteiger partial charge < -0.3 is 31.1 Å². The van der Waals surface area contributed by atoms with Gasteiger partial charge in [-0.05, 0) is 69.5 Å². The van der Waals surface area contributed by atoms with Gasteiger partial charge in [0, 0.05) is 18.7 Å². The molecule has 0 saturated heterocycles. The number of ether oxygens (including phenoxy) is 1. The lowest BCUT2D eigenvalue weighted by molar-refractivity contribution is -0.141. The second-order valence-electron chi connectivity index (χ2n) is 11.3. The molecule has 10 heteroatoms. The fourth-order valence-electron chi connectivity index (χ4n) is 4.79. The summed E-state index contributed by atoms with van der Waals surface area (Å²) in [5, 5.41) is 17.4. The van der Waals surface area contributed by atoms with Gasteiger partial charge >= 0.3 is 6.09 Å². The van der Waals surface area contributed by atoms with Gasteiger partial charge in [0.1, 0.15) is 17.7 Å². The third-order valence-electron chi connectivity index (χ3n) is 6.43. The molecule has 0 aromatic heterocycles. The number of hydrogen-bond acceptors (Lipinski definition) is 6. The van der Waals surface area contributed by atoms with Gasteiger partial charge in [0.05, 0.1) is 6.61 Å². The summed E-state index contributed by atoms with van der Waals surface area (Å²) in [5.41, 5.74) is 7.32. The minimum atomic E-state index is -1.25. The molecule has 0 aliphatic carbocycles. The maximum atomic E-state index is 14.1. The van der Waals surface area contributed by atoms with Gasteiger partial charge in [-0.15, -0.1) is 0 Å². The van der Waals surface area contributed by atoms with Crippen molar-refractivity contribution in [2.45, 2.75) is 65.1 Å². The van der Waals surface area contributed by atoms with E-state index < -0.39 is 48.1 Å². The van der Waals surface area contributed by atoms with Gasteiger partial charge in [0.15, 0.2) is 0 Å². The van der Waals surface area contributed by atoms with Crippen molar-refractivity contribution in [1.29, 1.82) is 0 Å². The molecule has 0 aliphatic heterocycles. The van der Waals surface area contributed by atoms with Crippen molar-refractivity contribution >= 4 is 40.3 Å². The minimum absolute atomic E-state index is 0.124. The summed E-state index contributed by atoms with van der Waals surface area (Å²) in [6.07, 6.45) is -1.18. The summed E-state index contributed by atoms with van der Waals surface area (Å²) in [5.74, 6) is -1.84. The van der Waals surface area contributed by atoms with Crippen LogP contribution in [0.5, 0.6) is 0 Å². The highest BCUT2D eigenvalue weighted by Gasteiger charge is 2.36. The lowest BCUT2D eigenvalue weighted by atomic mass is 9.97. The molecular weight excluding hydrogens is 536 g/mol. The van der Waals surface area contributed by atoms with Gasteiger partial charge in [-0.2, -0.15) is 0 Å². The van der Waals surface area contributed by atoms with Crippen LogP contribution in [0.3, 0.4) is 0 Å². The monoisotopic (exact) mass is 576 g/mol. The maximum Gasteiger partial charge on any atom is 0.408 e. The number of carbonyl (C=O) groups is 4. The molecule has 224 valence electrons. The number of amides is 4. The second kappa shape index (κ2) is 14.0. The Balaban J connectivity index is 2.04. The summed E-state index contributed by atoms with van der Waals surface area (Å²) in [6.45, 7) is 8.13. The Morgan fingerprint density at radius 2 is 1.60 bits per heavy atom. The van der Waals surface area contributed by atoms with Crippen LogP contribution in [0.15, 0.2) is 60.7 Å². The normalized spacial score (nSPS) is 12.7. The Hall–Kier alpha value is -4.44. The molecule has 3 rings (SSSR count). The Morgan fingerprint density at radius 3 is 2.19 bits per heavy atom. The number of fused-ring (bicyclic) bond motifs is 1. The number of benzene rings is 3. The van der Waals surface area contributed by atoms with Crippen molar-refractivity contribution in [2.75, 3.05) is 18.5 Å². The summed E-state index contributed by atoms with van der Waals surface area (Å²) < 4.78 is 5.34. The van der Waals surface area contributed by atoms with Crippen LogP contribution < -0.4 is 16.4 Å². The van der Waals surface area contributed by atoms with Crippen molar-refractivity contribution < 1.29 is 29.0 Å². The Kier molecular flexibility index (Phi) is 10.7. The van der Waals surface area contributed by atoms with E-state index in [1.54, 1.807) is 39.0 Å². The Labute approximate surface area is 246 Å². The van der Waals surface area contributed by atoms with E-state index in [9.17, 15) is 24.3 Å². The van der Waals surface area contributed by atoms with Crippen molar-refractivity contribution in [3.8, 4) is 0 Å². The van der Waals surface area contributed by atoms with E-state index >= 15 is 0 Å². The van der Waals surface area contributed by atoms with Crippen LogP contribution in [0, 0.1) is 13.8 Å². The van der Waals surface area contributed by atoms with Crippen LogP contribution in [0.4, 0.5) is 10.5 Å². The SMILES string of the molecule is Cc1cc(C)cc(C(C(=O)Nc2ccc3ccccc3c2)N(CCO)C(=O)C(CCC(N)=O)NC(=O)OC(C)(C)C)c1. The largest absolute Gasteiger partial charge is 0.444 e. The number of aryl methyl sites for hydroxylation is 2. The predicted molar refractivity (Wildman–Crippen MR) is 162 cm³/mol. The summed E-state index contributed by atoms with van der Waals surface area (Å²) >= 11 is 0. The Bertz CT molecular complexity index is 1430. The molecule has 3 aromatic rings. The van der Waals surface area contributed by atoms with Crippen molar-refractivity contribution in [3.05, 3.63) is 77.4 Å². The first-order valence-electron chi connectivity index (χ1n) is 13.8. The van der Waals surface area contributed by atoms with E-state index in [0.717, 1.165) is 21.9 Å². The van der Waals surface area contributed by atoms with E-state index in [2.05, 4.69) is 10.6 Å². The quantitative estimate of drug-likeness (QED) is 0.270. The van der Waals surface area contributed by atoms with Crippen LogP contribution in [-0.4, -0.2) is 58.6 Å². The number of carbonyl (C=O) groups excluding carboxylic acids is 4. The first-order valence-corrected chi connectivity index (χ1v) is 13.8. The van der Waals surface area contributed by atoms with Crippen LogP contribution in [0.2, 0.25) is 0 Å². The minimum Gasteiger partial charge on any atom is -0.444 e. The highest BCUT2D eigenvalue weighted by Crippen LogP contribution is 2.28. The number of alkyl carbamates (subject to hydrolysis) is 1. The van der Waals surface area contributed by atoms with Crippen molar-refractivity contribution in [3.63, 3.8) is 0 Å². The molecule has 0 radical (unpaired) electrons. The van der Waals surface area contributed by atoms with Gasteiger partial charge in [0.25, 0.3) is 5.91 Å². The zero-order chi connectivity index (χ0) is 31.0. The predicted octanol–water partition coefficient (Wildman–Crippen LogP) is 4.12. The van der Waals surface area contributed by atoms with Crippen LogP contribution in [-0.2, 0) is 19.1 Å². The topological polar surface area (TPSA) is 151 Å². The fraction of sp³-hybridized carbons (Fsp3) is 0.375. The second-order valence-corrected chi connectivity index (χ2v) is 11.3. The summed E-state index contributed by atoms with van der Waals surface area (Å²) in [4.78, 5) is 53.6. The smallest absolute Gasteiger partial charge is 0.408 e. The molecule has 10 nitrogen and oxygen atoms in total. The number of anilines is 1. The molecule has 2 atom stereocenters. The first kappa shape index (κ1) is 32.1. The number of primary amides is 1. The molecule has 5 N–H and O–H groups in total. The van der Waals surface area contributed by atoms with E-state index in [-0.39, 0.29) is 19.4 Å². The summed E-state index contributed by atoms with van der Waals surface area (Å²) in [7, 11) is 0. The molecule has 0 aliphatic rings. The van der Waals surface area contributed by atoms with Crippen LogP contribution in [0.25, 0.3) is 10.8 Å². The molecular formula is C32H40N4O6. The molecule has 4 amide bonds. The lowest BCUT2D eigenvalue weighted by Gasteiger charge is -2.34. The average molecular weight is 577 g/mol. The molecule has 0 bridgehead atoms. The maximum absolute atomic E-state index is 14.1. The van der Waals surface area contributed by atoms with E-state index in [1.165, 1.54) is 4.90 Å². The molecule has 2 unspecified atom stereocenters. The van der Waals surface area contributed by atoms with Gasteiger partial charge in [-0.25, -0.2) is 4.79 Å². The average Bonchev–Trinajstić information content (AvgIpc) is 2.88. The van der Waals surface area contributed by atoms with E-state index in [1.807, 2.05) is 56.3 Å². The lowest BCUT2D eigenvalue weighted by Crippen LogP contribution is -2.53. The number of hydrogen-bond donors (Lipinski definition) is 4. The fourth-order valence-corrected chi connectivity index (χ4v) is 4.79. The van der Waals surface area contributed by atoms with Crippen LogP contribution in [0.1, 0.15) is 56.3 Å². The van der Waals surface area contributed by atoms with Crippen LogP contribution >= 0.6 is 0 Å². The van der Waals surface area contributed by atoms with E-state index in [0.29, 0.717) is 11.3 Å². The van der Waals surface area contributed by atoms with Gasteiger partial charge in [0.2, 0.25) is 11.8 Å². The standard InChI is InChI=1S/C32H40N4O6/c1-20-16-21(2)18-24(17-20)28(29(39)34-25-11-10-22-8-6-7-9-23(22)19-25)36(14-15-37)30(40)26(12-13-27(33)38)35-31(41)42-32(3,4)5/h6-11,16-19,26,28,37H,12-15H2,1-5H3,(H2,33,38)(H,34,39)(H,35,41). The first-order chi connectivity index (χ1) is 19.8.